The standard InChI is InChI=1S/C14H13N3O3/c1-2-17-12(14(19)20)7-11(16-17)8-3-4-10-9(5-8)6-13(18)15-10/h3-5,7H,2,6H2,1H3,(H,15,18)(H,19,20). The molecule has 0 aliphatic carbocycles. The maximum atomic E-state index is 11.3. The first-order valence-electron chi connectivity index (χ1n) is 6.32. The lowest BCUT2D eigenvalue weighted by atomic mass is 10.1. The van der Waals surface area contributed by atoms with Gasteiger partial charge in [0.2, 0.25) is 5.91 Å². The van der Waals surface area contributed by atoms with Crippen LogP contribution in [-0.4, -0.2) is 26.8 Å². The lowest BCUT2D eigenvalue weighted by molar-refractivity contribution is -0.115. The van der Waals surface area contributed by atoms with E-state index in [1.807, 2.05) is 25.1 Å². The quantitative estimate of drug-likeness (QED) is 0.891. The van der Waals surface area contributed by atoms with Gasteiger partial charge < -0.3 is 10.4 Å². The van der Waals surface area contributed by atoms with Gasteiger partial charge in [0, 0.05) is 17.8 Å². The zero-order valence-corrected chi connectivity index (χ0v) is 10.9. The highest BCUT2D eigenvalue weighted by Crippen LogP contribution is 2.28. The maximum absolute atomic E-state index is 11.3. The van der Waals surface area contributed by atoms with Crippen molar-refractivity contribution >= 4 is 17.6 Å². The number of aryl methyl sites for hydroxylation is 1. The van der Waals surface area contributed by atoms with Crippen molar-refractivity contribution in [3.05, 3.63) is 35.5 Å². The summed E-state index contributed by atoms with van der Waals surface area (Å²) >= 11 is 0. The molecule has 0 bridgehead atoms. The number of carboxylic acids is 1. The summed E-state index contributed by atoms with van der Waals surface area (Å²) in [4.78, 5) is 22.5. The monoisotopic (exact) mass is 271 g/mol. The number of benzene rings is 1. The minimum absolute atomic E-state index is 0.0255. The molecule has 20 heavy (non-hydrogen) atoms. The van der Waals surface area contributed by atoms with E-state index in [1.165, 1.54) is 4.68 Å². The lowest BCUT2D eigenvalue weighted by Crippen LogP contribution is -2.08. The van der Waals surface area contributed by atoms with Crippen LogP contribution in [0, 0.1) is 0 Å². The maximum Gasteiger partial charge on any atom is 0.354 e. The van der Waals surface area contributed by atoms with E-state index in [0.717, 1.165) is 16.8 Å². The van der Waals surface area contributed by atoms with Crippen LogP contribution in [0.3, 0.4) is 0 Å². The van der Waals surface area contributed by atoms with Gasteiger partial charge in [-0.25, -0.2) is 4.79 Å². The Kier molecular flexibility index (Phi) is 2.78. The molecule has 1 aliphatic rings. The van der Waals surface area contributed by atoms with E-state index < -0.39 is 5.97 Å². The SMILES string of the molecule is CCn1nc(-c2ccc3c(c2)CC(=O)N3)cc1C(=O)O. The van der Waals surface area contributed by atoms with Crippen LogP contribution in [0.1, 0.15) is 23.0 Å². The summed E-state index contributed by atoms with van der Waals surface area (Å²) in [5.74, 6) is -1.02. The number of nitrogens with zero attached hydrogens (tertiary/aromatic N) is 2. The van der Waals surface area contributed by atoms with Crippen LogP contribution >= 0.6 is 0 Å². The topological polar surface area (TPSA) is 84.2 Å². The molecule has 1 aromatic heterocycles. The Bertz CT molecular complexity index is 718. The van der Waals surface area contributed by atoms with Crippen molar-refractivity contribution in [3.8, 4) is 11.3 Å². The van der Waals surface area contributed by atoms with Crippen molar-refractivity contribution in [1.82, 2.24) is 9.78 Å². The molecule has 0 fully saturated rings. The molecule has 102 valence electrons. The Hall–Kier alpha value is -2.63. The zero-order chi connectivity index (χ0) is 14.3. The lowest BCUT2D eigenvalue weighted by Gasteiger charge is -2.01. The molecule has 0 radical (unpaired) electrons. The van der Waals surface area contributed by atoms with E-state index in [0.29, 0.717) is 18.7 Å². The molecular formula is C14H13N3O3. The fourth-order valence-electron chi connectivity index (χ4n) is 2.36. The summed E-state index contributed by atoms with van der Waals surface area (Å²) in [5.41, 5.74) is 3.31. The average molecular weight is 271 g/mol. The van der Waals surface area contributed by atoms with E-state index in [4.69, 9.17) is 5.11 Å². The Labute approximate surface area is 115 Å². The smallest absolute Gasteiger partial charge is 0.354 e. The third-order valence-electron chi connectivity index (χ3n) is 3.32. The fourth-order valence-corrected chi connectivity index (χ4v) is 2.36. The summed E-state index contributed by atoms with van der Waals surface area (Å²) in [6.45, 7) is 2.33. The number of fused-ring (bicyclic) bond motifs is 1. The fraction of sp³-hybridized carbons (Fsp3) is 0.214. The number of aromatic nitrogens is 2. The molecule has 2 aromatic rings. The van der Waals surface area contributed by atoms with E-state index in [9.17, 15) is 9.59 Å². The van der Waals surface area contributed by atoms with Crippen LogP contribution in [-0.2, 0) is 17.8 Å². The molecule has 0 atom stereocenters. The number of aromatic carboxylic acids is 1. The molecule has 1 aromatic carbocycles. The number of nitrogens with one attached hydrogen (secondary N) is 1. The van der Waals surface area contributed by atoms with Crippen LogP contribution in [0.4, 0.5) is 5.69 Å². The predicted molar refractivity (Wildman–Crippen MR) is 72.6 cm³/mol. The largest absolute Gasteiger partial charge is 0.477 e. The number of carbonyl (C=O) groups excluding carboxylic acids is 1. The van der Waals surface area contributed by atoms with Crippen LogP contribution in [0.25, 0.3) is 11.3 Å². The Morgan fingerprint density at radius 2 is 2.25 bits per heavy atom. The van der Waals surface area contributed by atoms with Gasteiger partial charge >= 0.3 is 5.97 Å². The molecule has 1 aliphatic heterocycles. The summed E-state index contributed by atoms with van der Waals surface area (Å²) in [5, 5.41) is 16.2. The van der Waals surface area contributed by atoms with Gasteiger partial charge in [-0.1, -0.05) is 6.07 Å². The first-order chi connectivity index (χ1) is 9.58. The molecule has 2 N–H and O–H groups in total. The molecule has 0 saturated heterocycles. The van der Waals surface area contributed by atoms with Gasteiger partial charge in [-0.15, -0.1) is 0 Å². The molecule has 1 amide bonds. The molecule has 6 heteroatoms. The number of carboxylic acid groups (broad SMARTS) is 1. The van der Waals surface area contributed by atoms with E-state index in [-0.39, 0.29) is 11.6 Å². The van der Waals surface area contributed by atoms with E-state index in [2.05, 4.69) is 10.4 Å². The average Bonchev–Trinajstić information content (AvgIpc) is 2.99. The minimum atomic E-state index is -0.997. The van der Waals surface area contributed by atoms with E-state index >= 15 is 0 Å². The zero-order valence-electron chi connectivity index (χ0n) is 10.9. The van der Waals surface area contributed by atoms with Gasteiger partial charge in [0.1, 0.15) is 5.69 Å². The molecule has 6 nitrogen and oxygen atoms in total. The van der Waals surface area contributed by atoms with Gasteiger partial charge in [-0.2, -0.15) is 5.10 Å². The Balaban J connectivity index is 2.04. The number of hydrogen-bond acceptors (Lipinski definition) is 3. The second kappa shape index (κ2) is 4.48. The highest BCUT2D eigenvalue weighted by Gasteiger charge is 2.19. The number of hydrogen-bond donors (Lipinski definition) is 2. The molecule has 0 spiro atoms. The number of anilines is 1. The highest BCUT2D eigenvalue weighted by molar-refractivity contribution is 5.99. The Morgan fingerprint density at radius 1 is 1.45 bits per heavy atom. The van der Waals surface area contributed by atoms with Crippen LogP contribution in [0.2, 0.25) is 0 Å². The second-order valence-corrected chi connectivity index (χ2v) is 4.63. The van der Waals surface area contributed by atoms with Crippen molar-refractivity contribution in [1.29, 1.82) is 0 Å². The third-order valence-corrected chi connectivity index (χ3v) is 3.32. The van der Waals surface area contributed by atoms with Gasteiger partial charge in [-0.05, 0) is 30.7 Å². The Morgan fingerprint density at radius 3 is 2.90 bits per heavy atom. The second-order valence-electron chi connectivity index (χ2n) is 4.63. The summed E-state index contributed by atoms with van der Waals surface area (Å²) < 4.78 is 1.45. The van der Waals surface area contributed by atoms with Crippen molar-refractivity contribution < 1.29 is 14.7 Å². The molecular weight excluding hydrogens is 258 g/mol. The summed E-state index contributed by atoms with van der Waals surface area (Å²) in [6.07, 6.45) is 0.351. The first-order valence-corrected chi connectivity index (χ1v) is 6.32. The van der Waals surface area contributed by atoms with Crippen molar-refractivity contribution in [2.45, 2.75) is 19.9 Å². The van der Waals surface area contributed by atoms with Crippen LogP contribution in [0.5, 0.6) is 0 Å². The molecule has 3 rings (SSSR count). The highest BCUT2D eigenvalue weighted by atomic mass is 16.4. The summed E-state index contributed by atoms with van der Waals surface area (Å²) in [7, 11) is 0. The van der Waals surface area contributed by atoms with Crippen molar-refractivity contribution in [2.75, 3.05) is 5.32 Å². The predicted octanol–water partition coefficient (Wildman–Crippen LogP) is 1.76. The van der Waals surface area contributed by atoms with Crippen LogP contribution in [0.15, 0.2) is 24.3 Å². The molecule has 0 saturated carbocycles. The third kappa shape index (κ3) is 1.95. The van der Waals surface area contributed by atoms with E-state index in [1.54, 1.807) is 6.07 Å². The van der Waals surface area contributed by atoms with Crippen LogP contribution < -0.4 is 5.32 Å². The van der Waals surface area contributed by atoms with Gasteiger partial charge in [0.15, 0.2) is 0 Å². The normalized spacial score (nSPS) is 13.2. The van der Waals surface area contributed by atoms with Crippen molar-refractivity contribution in [3.63, 3.8) is 0 Å². The van der Waals surface area contributed by atoms with Gasteiger partial charge in [-0.3, -0.25) is 9.48 Å². The van der Waals surface area contributed by atoms with Crippen molar-refractivity contribution in [2.24, 2.45) is 0 Å². The van der Waals surface area contributed by atoms with Gasteiger partial charge in [0.05, 0.1) is 12.1 Å². The number of rotatable bonds is 3. The first kappa shape index (κ1) is 12.4. The number of carbonyl (C=O) groups is 2. The van der Waals surface area contributed by atoms with Gasteiger partial charge in [0.25, 0.3) is 0 Å². The number of amides is 1. The molecule has 0 unspecified atom stereocenters. The summed E-state index contributed by atoms with van der Waals surface area (Å²) in [6, 6.07) is 7.08. The minimum Gasteiger partial charge on any atom is -0.477 e. The molecule has 2 heterocycles.